The molecule has 1 N–H and O–H groups in total. The monoisotopic (exact) mass is 321 g/mol. The number of hydrogen-bond acceptors (Lipinski definition) is 2. The predicted molar refractivity (Wildman–Crippen MR) is 60.8 cm³/mol. The number of hydrogen-bond donors (Lipinski definition) is 1. The summed E-state index contributed by atoms with van der Waals surface area (Å²) in [6.07, 6.45) is -1.60. The Hall–Kier alpha value is -1.57. The molecule has 0 aliphatic carbocycles. The van der Waals surface area contributed by atoms with Gasteiger partial charge in [0.2, 0.25) is 0 Å². The second-order valence-corrected chi connectivity index (χ2v) is 4.44. The highest BCUT2D eigenvalue weighted by molar-refractivity contribution is 9.10. The highest BCUT2D eigenvalue weighted by Gasteiger charge is 2.38. The van der Waals surface area contributed by atoms with Gasteiger partial charge in [0.25, 0.3) is 0 Å². The van der Waals surface area contributed by atoms with E-state index < -0.39 is 12.1 Å². The van der Waals surface area contributed by atoms with E-state index in [2.05, 4.69) is 20.9 Å². The van der Waals surface area contributed by atoms with Crippen LogP contribution in [0.25, 0.3) is 5.65 Å². The Morgan fingerprint density at radius 2 is 2.11 bits per heavy atom. The first-order valence-corrected chi connectivity index (χ1v) is 5.64. The molecule has 2 aromatic rings. The number of nitrogens with zero attached hydrogens (tertiary/aromatic N) is 2. The van der Waals surface area contributed by atoms with Gasteiger partial charge < -0.3 is 9.72 Å². The van der Waals surface area contributed by atoms with Gasteiger partial charge in [-0.2, -0.15) is 13.2 Å². The van der Waals surface area contributed by atoms with Crippen molar-refractivity contribution in [3.8, 4) is 0 Å². The van der Waals surface area contributed by atoms with E-state index in [9.17, 15) is 18.0 Å². The zero-order valence-electron chi connectivity index (χ0n) is 8.83. The number of pyridine rings is 1. The first-order valence-electron chi connectivity index (χ1n) is 4.84. The number of alkyl halides is 3. The van der Waals surface area contributed by atoms with Crippen LogP contribution in [0.3, 0.4) is 0 Å². The van der Waals surface area contributed by atoms with E-state index in [0.717, 1.165) is 4.47 Å². The molecule has 0 saturated heterocycles. The van der Waals surface area contributed by atoms with Crippen LogP contribution in [0.1, 0.15) is 5.69 Å². The lowest BCUT2D eigenvalue weighted by Gasteiger charge is -2.05. The molecule has 4 nitrogen and oxygen atoms in total. The lowest BCUT2D eigenvalue weighted by molar-refractivity contribution is -0.173. The summed E-state index contributed by atoms with van der Waals surface area (Å²) in [6, 6.07) is 3.47. The third-order valence-corrected chi connectivity index (χ3v) is 2.62. The number of imidazole rings is 1. The van der Waals surface area contributed by atoms with Gasteiger partial charge in [-0.3, -0.25) is 4.79 Å². The van der Waals surface area contributed by atoms with E-state index in [4.69, 9.17) is 0 Å². The Kier molecular flexibility index (Phi) is 3.29. The summed E-state index contributed by atoms with van der Waals surface area (Å²) in [5, 5.41) is 1.76. The second-order valence-electron chi connectivity index (χ2n) is 3.53. The highest BCUT2D eigenvalue weighted by Crippen LogP contribution is 2.15. The number of nitrogens with one attached hydrogen (secondary N) is 1. The Balaban J connectivity index is 2.11. The number of carbonyl (C=O) groups is 1. The fourth-order valence-corrected chi connectivity index (χ4v) is 1.73. The fraction of sp³-hybridized carbons (Fsp3) is 0.200. The molecule has 0 spiro atoms. The van der Waals surface area contributed by atoms with Crippen LogP contribution in [0.15, 0.2) is 29.0 Å². The third kappa shape index (κ3) is 2.81. The van der Waals surface area contributed by atoms with Crippen LogP contribution in [-0.2, 0) is 11.3 Å². The van der Waals surface area contributed by atoms with E-state index in [0.29, 0.717) is 11.3 Å². The van der Waals surface area contributed by atoms with Crippen molar-refractivity contribution in [1.29, 1.82) is 0 Å². The normalized spacial score (nSPS) is 11.8. The number of aromatic nitrogens is 2. The Morgan fingerprint density at radius 3 is 2.78 bits per heavy atom. The number of fused-ring (bicyclic) bond motifs is 1. The smallest absolute Gasteiger partial charge is 0.343 e. The minimum Gasteiger partial charge on any atom is -0.343 e. The first kappa shape index (κ1) is 12.9. The van der Waals surface area contributed by atoms with Gasteiger partial charge in [0, 0.05) is 16.9 Å². The van der Waals surface area contributed by atoms with Crippen molar-refractivity contribution in [3.63, 3.8) is 0 Å². The number of rotatable bonds is 2. The van der Waals surface area contributed by atoms with Gasteiger partial charge in [-0.05, 0) is 28.1 Å². The number of carbonyl (C=O) groups excluding carboxylic acids is 1. The van der Waals surface area contributed by atoms with Gasteiger partial charge in [-0.15, -0.1) is 0 Å². The Bertz CT molecular complexity index is 594. The molecule has 0 bridgehead atoms. The van der Waals surface area contributed by atoms with Crippen molar-refractivity contribution in [1.82, 2.24) is 14.7 Å². The van der Waals surface area contributed by atoms with Crippen molar-refractivity contribution in [2.24, 2.45) is 0 Å². The minimum atomic E-state index is -4.87. The zero-order valence-corrected chi connectivity index (χ0v) is 10.4. The third-order valence-electron chi connectivity index (χ3n) is 2.15. The molecule has 96 valence electrons. The van der Waals surface area contributed by atoms with E-state index in [1.54, 1.807) is 34.2 Å². The Labute approximate surface area is 108 Å². The van der Waals surface area contributed by atoms with Crippen molar-refractivity contribution >= 4 is 27.5 Å². The molecule has 0 saturated carbocycles. The average Bonchev–Trinajstić information content (AvgIpc) is 2.66. The van der Waals surface area contributed by atoms with Gasteiger partial charge in [0.15, 0.2) is 0 Å². The molecule has 0 aliphatic heterocycles. The lowest BCUT2D eigenvalue weighted by Crippen LogP contribution is -2.36. The van der Waals surface area contributed by atoms with Gasteiger partial charge in [-0.1, -0.05) is 0 Å². The van der Waals surface area contributed by atoms with Crippen molar-refractivity contribution < 1.29 is 18.0 Å². The summed E-state index contributed by atoms with van der Waals surface area (Å²) in [4.78, 5) is 14.7. The van der Waals surface area contributed by atoms with E-state index >= 15 is 0 Å². The largest absolute Gasteiger partial charge is 0.471 e. The molecule has 18 heavy (non-hydrogen) atoms. The molecule has 1 amide bonds. The molecule has 0 atom stereocenters. The molecule has 0 aliphatic rings. The molecular formula is C10H7BrF3N3O. The molecule has 2 aromatic heterocycles. The average molecular weight is 322 g/mol. The molecule has 0 aromatic carbocycles. The zero-order chi connectivity index (χ0) is 13.3. The Morgan fingerprint density at radius 1 is 1.39 bits per heavy atom. The van der Waals surface area contributed by atoms with Gasteiger partial charge >= 0.3 is 12.1 Å². The highest BCUT2D eigenvalue weighted by atomic mass is 79.9. The van der Waals surface area contributed by atoms with Crippen molar-refractivity contribution in [2.75, 3.05) is 0 Å². The maximum atomic E-state index is 12.0. The fourth-order valence-electron chi connectivity index (χ4n) is 1.37. The van der Waals surface area contributed by atoms with E-state index in [-0.39, 0.29) is 6.54 Å². The summed E-state index contributed by atoms with van der Waals surface area (Å²) < 4.78 is 38.4. The number of halogens is 4. The lowest BCUT2D eigenvalue weighted by atomic mass is 10.4. The molecule has 0 radical (unpaired) electrons. The van der Waals surface area contributed by atoms with Crippen LogP contribution in [0.4, 0.5) is 13.2 Å². The van der Waals surface area contributed by atoms with Crippen LogP contribution < -0.4 is 5.32 Å². The maximum absolute atomic E-state index is 12.0. The summed E-state index contributed by atoms with van der Waals surface area (Å²) in [7, 11) is 0. The number of amides is 1. The molecule has 2 heterocycles. The molecular weight excluding hydrogens is 315 g/mol. The van der Waals surface area contributed by atoms with Crippen LogP contribution in [0.5, 0.6) is 0 Å². The maximum Gasteiger partial charge on any atom is 0.471 e. The van der Waals surface area contributed by atoms with Gasteiger partial charge in [-0.25, -0.2) is 4.98 Å². The minimum absolute atomic E-state index is 0.266. The van der Waals surface area contributed by atoms with E-state index in [1.807, 2.05) is 0 Å². The predicted octanol–water partition coefficient (Wildman–Crippen LogP) is 2.28. The van der Waals surface area contributed by atoms with Crippen LogP contribution >= 0.6 is 15.9 Å². The van der Waals surface area contributed by atoms with Crippen LogP contribution in [-0.4, -0.2) is 21.5 Å². The van der Waals surface area contributed by atoms with Gasteiger partial charge in [0.05, 0.1) is 12.2 Å². The van der Waals surface area contributed by atoms with E-state index in [1.165, 1.54) is 0 Å². The summed E-state index contributed by atoms with van der Waals surface area (Å²) >= 11 is 3.26. The van der Waals surface area contributed by atoms with Crippen LogP contribution in [0.2, 0.25) is 0 Å². The second kappa shape index (κ2) is 4.60. The summed E-state index contributed by atoms with van der Waals surface area (Å²) in [5.41, 5.74) is 0.945. The first-order chi connectivity index (χ1) is 8.36. The molecule has 0 fully saturated rings. The van der Waals surface area contributed by atoms with Crippen molar-refractivity contribution in [3.05, 3.63) is 34.7 Å². The summed E-state index contributed by atoms with van der Waals surface area (Å²) in [6.45, 7) is -0.266. The SMILES string of the molecule is O=C(NCc1cn2cc(Br)ccc2n1)C(F)(F)F. The van der Waals surface area contributed by atoms with Gasteiger partial charge in [0.1, 0.15) is 5.65 Å². The van der Waals surface area contributed by atoms with Crippen molar-refractivity contribution in [2.45, 2.75) is 12.7 Å². The molecule has 0 unspecified atom stereocenters. The molecule has 2 rings (SSSR count). The standard InChI is InChI=1S/C10H7BrF3N3O/c11-6-1-2-8-16-7(5-17(8)4-6)3-15-9(18)10(12,13)14/h1-2,4-5H,3H2,(H,15,18). The van der Waals surface area contributed by atoms with Crippen LogP contribution in [0, 0.1) is 0 Å². The topological polar surface area (TPSA) is 46.4 Å². The molecule has 8 heteroatoms. The quantitative estimate of drug-likeness (QED) is 0.922. The summed E-state index contributed by atoms with van der Waals surface area (Å²) in [5.74, 6) is -1.97.